The molecule has 6 atom stereocenters. The smallest absolute Gasteiger partial charge is 0.286 e. The molecule has 2 bridgehead atoms. The second-order valence-electron chi connectivity index (χ2n) is 13.8. The summed E-state index contributed by atoms with van der Waals surface area (Å²) in [7, 11) is -1.72. The zero-order chi connectivity index (χ0) is 33.5. The number of hydrogen-bond donors (Lipinski definition) is 1. The van der Waals surface area contributed by atoms with Gasteiger partial charge in [-0.1, -0.05) is 36.7 Å². The van der Waals surface area contributed by atoms with Gasteiger partial charge in [0.15, 0.2) is 0 Å². The molecule has 0 radical (unpaired) electrons. The standard InChI is InChI=1S/C36H41ClN4O5S2/c1-23-5-3-7-32(45-2)29-11-8-26(29)18-41-21-36(14-4-6-24-15-28(37)10-12-30(24)36)22-46-33-13-9-25(16-31(33)41)34(42)39-48(44,20-23)40-35(43)27-17-38-47-19-27/h3,7,9-10,12-13,15-17,19,23,26,29,32H,4-6,8,11,14,18,20-22H2,1-2H3,(H,39,40,42,43,44)/b7-3-/t23-,26-,29+,32-,36-,48?/m0/s1. The molecule has 2 aliphatic heterocycles. The summed E-state index contributed by atoms with van der Waals surface area (Å²) in [6, 6.07) is 11.6. The number of hydrogen-bond acceptors (Lipinski definition) is 8. The number of nitrogens with one attached hydrogen (secondary N) is 1. The molecule has 48 heavy (non-hydrogen) atoms. The van der Waals surface area contributed by atoms with Gasteiger partial charge in [0, 0.05) is 41.6 Å². The van der Waals surface area contributed by atoms with Gasteiger partial charge in [0.25, 0.3) is 11.8 Å². The lowest BCUT2D eigenvalue weighted by Gasteiger charge is -2.46. The van der Waals surface area contributed by atoms with E-state index >= 15 is 0 Å². The third kappa shape index (κ3) is 6.66. The van der Waals surface area contributed by atoms with E-state index in [1.54, 1.807) is 18.6 Å². The Labute approximate surface area is 291 Å². The number of carbonyl (C=O) groups excluding carboxylic acids is 2. The maximum Gasteiger partial charge on any atom is 0.286 e. The summed E-state index contributed by atoms with van der Waals surface area (Å²) in [5, 5.41) is 2.32. The topological polar surface area (TPSA) is 110 Å². The van der Waals surface area contributed by atoms with Crippen molar-refractivity contribution in [3.8, 4) is 5.75 Å². The van der Waals surface area contributed by atoms with Gasteiger partial charge in [-0.3, -0.25) is 14.3 Å². The third-order valence-electron chi connectivity index (χ3n) is 10.5. The average molecular weight is 709 g/mol. The van der Waals surface area contributed by atoms with Gasteiger partial charge in [0.1, 0.15) is 15.7 Å². The summed E-state index contributed by atoms with van der Waals surface area (Å²) < 4.78 is 37.8. The van der Waals surface area contributed by atoms with Crippen LogP contribution in [0.4, 0.5) is 5.69 Å². The number of allylic oxidation sites excluding steroid dienone is 1. The number of aryl methyl sites for hydroxylation is 1. The van der Waals surface area contributed by atoms with Gasteiger partial charge in [-0.05, 0) is 109 Å². The van der Waals surface area contributed by atoms with E-state index in [1.165, 1.54) is 17.3 Å². The zero-order valence-electron chi connectivity index (χ0n) is 27.2. The molecule has 2 aliphatic carbocycles. The number of amides is 2. The highest BCUT2D eigenvalue weighted by atomic mass is 35.5. The summed E-state index contributed by atoms with van der Waals surface area (Å²) in [6.45, 7) is 3.96. The van der Waals surface area contributed by atoms with Crippen LogP contribution < -0.4 is 14.4 Å². The van der Waals surface area contributed by atoms with Crippen molar-refractivity contribution in [1.29, 1.82) is 0 Å². The van der Waals surface area contributed by atoms with Crippen LogP contribution in [0.1, 0.15) is 70.9 Å². The van der Waals surface area contributed by atoms with Crippen LogP contribution >= 0.6 is 23.1 Å². The second kappa shape index (κ2) is 13.6. The summed E-state index contributed by atoms with van der Waals surface area (Å²) in [4.78, 5) is 29.3. The van der Waals surface area contributed by atoms with Gasteiger partial charge < -0.3 is 14.4 Å². The van der Waals surface area contributed by atoms with E-state index in [1.807, 2.05) is 25.1 Å². The van der Waals surface area contributed by atoms with Crippen molar-refractivity contribution < 1.29 is 23.3 Å². The Bertz CT molecular complexity index is 1860. The molecule has 1 saturated carbocycles. The average Bonchev–Trinajstić information content (AvgIpc) is 3.55. The maximum atomic E-state index is 14.3. The van der Waals surface area contributed by atoms with Gasteiger partial charge in [-0.25, -0.2) is 8.58 Å². The fourth-order valence-electron chi connectivity index (χ4n) is 7.89. The molecule has 0 saturated heterocycles. The Morgan fingerprint density at radius 1 is 1.23 bits per heavy atom. The highest BCUT2D eigenvalue weighted by Gasteiger charge is 2.44. The van der Waals surface area contributed by atoms with E-state index in [0.29, 0.717) is 36.2 Å². The summed E-state index contributed by atoms with van der Waals surface area (Å²) >= 11 is 7.56. The van der Waals surface area contributed by atoms with E-state index in [2.05, 4.69) is 42.6 Å². The lowest BCUT2D eigenvalue weighted by molar-refractivity contribution is 0.0131. The van der Waals surface area contributed by atoms with Crippen molar-refractivity contribution in [3.63, 3.8) is 0 Å². The predicted octanol–water partition coefficient (Wildman–Crippen LogP) is 6.86. The van der Waals surface area contributed by atoms with Crippen LogP contribution in [0.25, 0.3) is 0 Å². The van der Waals surface area contributed by atoms with Crippen LogP contribution in [0.2, 0.25) is 5.02 Å². The Balaban J connectivity index is 1.31. The Hall–Kier alpha value is -3.25. The lowest BCUT2D eigenvalue weighted by atomic mass is 9.68. The van der Waals surface area contributed by atoms with Gasteiger partial charge in [0.2, 0.25) is 0 Å². The van der Waals surface area contributed by atoms with Crippen LogP contribution in [-0.2, 0) is 26.5 Å². The third-order valence-corrected chi connectivity index (χ3v) is 13.3. The molecule has 3 heterocycles. The molecule has 1 spiro atoms. The number of fused-ring (bicyclic) bond motifs is 4. The fourth-order valence-corrected chi connectivity index (χ4v) is 10.5. The fraction of sp³-hybridized carbons (Fsp3) is 0.472. The SMILES string of the molecule is CO[C@H]1/C=C\C[C@H](C)CS(=O)(NC(=O)c2cnsc2)=NC(=O)c2ccc3c(c2)N(C[C@@H]2CC[C@H]21)C[C@@]1(CCCc2cc(Cl)ccc21)CO3. The number of nitrogens with zero attached hydrogens (tertiary/aromatic N) is 3. The minimum atomic E-state index is -3.49. The molecule has 3 aromatic rings. The van der Waals surface area contributed by atoms with Crippen molar-refractivity contribution in [3.05, 3.63) is 87.4 Å². The summed E-state index contributed by atoms with van der Waals surface area (Å²) in [6.07, 6.45) is 11.3. The number of methoxy groups -OCH3 is 1. The Kier molecular flexibility index (Phi) is 9.40. The zero-order valence-corrected chi connectivity index (χ0v) is 29.6. The van der Waals surface area contributed by atoms with Crippen molar-refractivity contribution in [2.45, 2.75) is 57.0 Å². The highest BCUT2D eigenvalue weighted by Crippen LogP contribution is 2.47. The van der Waals surface area contributed by atoms with E-state index in [0.717, 1.165) is 67.4 Å². The van der Waals surface area contributed by atoms with Gasteiger partial charge in [-0.15, -0.1) is 4.36 Å². The molecule has 254 valence electrons. The molecule has 1 aromatic heterocycles. The molecule has 7 rings (SSSR count). The van der Waals surface area contributed by atoms with E-state index in [4.69, 9.17) is 21.1 Å². The molecule has 12 heteroatoms. The quantitative estimate of drug-likeness (QED) is 0.296. The molecule has 1 unspecified atom stereocenters. The number of halogens is 1. The molecule has 4 aliphatic rings. The Morgan fingerprint density at radius 3 is 2.88 bits per heavy atom. The number of rotatable bonds is 3. The lowest BCUT2D eigenvalue weighted by Crippen LogP contribution is -2.49. The normalized spacial score (nSPS) is 30.9. The highest BCUT2D eigenvalue weighted by molar-refractivity contribution is 7.92. The van der Waals surface area contributed by atoms with Crippen molar-refractivity contribution in [2.75, 3.05) is 37.5 Å². The molecule has 2 aromatic carbocycles. The largest absolute Gasteiger partial charge is 0.490 e. The summed E-state index contributed by atoms with van der Waals surface area (Å²) in [5.41, 5.74) is 3.69. The van der Waals surface area contributed by atoms with Crippen LogP contribution in [0.15, 0.2) is 64.5 Å². The first kappa shape index (κ1) is 33.3. The van der Waals surface area contributed by atoms with Gasteiger partial charge >= 0.3 is 0 Å². The van der Waals surface area contributed by atoms with E-state index in [-0.39, 0.29) is 28.8 Å². The van der Waals surface area contributed by atoms with Crippen molar-refractivity contribution in [2.24, 2.45) is 22.1 Å². The number of benzene rings is 2. The first-order chi connectivity index (χ1) is 23.1. The first-order valence-corrected chi connectivity index (χ1v) is 19.6. The van der Waals surface area contributed by atoms with Crippen molar-refractivity contribution >= 4 is 50.6 Å². The molecule has 2 amide bonds. The predicted molar refractivity (Wildman–Crippen MR) is 189 cm³/mol. The molecular weight excluding hydrogens is 668 g/mol. The van der Waals surface area contributed by atoms with Crippen molar-refractivity contribution in [1.82, 2.24) is 9.10 Å². The van der Waals surface area contributed by atoms with E-state index < -0.39 is 21.7 Å². The van der Waals surface area contributed by atoms with E-state index in [9.17, 15) is 13.8 Å². The molecule has 1 N–H and O–H groups in total. The number of aromatic nitrogens is 1. The van der Waals surface area contributed by atoms with Crippen LogP contribution in [-0.4, -0.2) is 59.1 Å². The van der Waals surface area contributed by atoms with Crippen LogP contribution in [0, 0.1) is 17.8 Å². The second-order valence-corrected chi connectivity index (χ2v) is 16.9. The van der Waals surface area contributed by atoms with Crippen LogP contribution in [0.3, 0.4) is 0 Å². The number of anilines is 1. The first-order valence-electron chi connectivity index (χ1n) is 16.7. The molecule has 1 fully saturated rings. The molecular formula is C36H41ClN4O5S2. The monoisotopic (exact) mass is 708 g/mol. The number of carbonyl (C=O) groups is 2. The van der Waals surface area contributed by atoms with Gasteiger partial charge in [-0.2, -0.15) is 0 Å². The van der Waals surface area contributed by atoms with Gasteiger partial charge in [0.05, 0.1) is 35.9 Å². The molecule has 9 nitrogen and oxygen atoms in total. The van der Waals surface area contributed by atoms with Crippen LogP contribution in [0.5, 0.6) is 5.75 Å². The Morgan fingerprint density at radius 2 is 2.10 bits per heavy atom. The maximum absolute atomic E-state index is 14.3. The number of ether oxygens (including phenoxy) is 2. The minimum absolute atomic E-state index is 0.0161. The minimum Gasteiger partial charge on any atom is -0.490 e. The summed E-state index contributed by atoms with van der Waals surface area (Å²) in [5.74, 6) is 0.121.